The number of carbonyl (C=O) groups is 1. The Bertz CT molecular complexity index is 710. The van der Waals surface area contributed by atoms with Gasteiger partial charge in [-0.25, -0.2) is 9.37 Å². The maximum atomic E-state index is 13.8. The fourth-order valence-electron chi connectivity index (χ4n) is 2.42. The van der Waals surface area contributed by atoms with Crippen LogP contribution in [0.1, 0.15) is 32.6 Å². The van der Waals surface area contributed by atoms with E-state index >= 15 is 0 Å². The molecule has 1 heterocycles. The first-order chi connectivity index (χ1) is 11.9. The van der Waals surface area contributed by atoms with E-state index in [0.29, 0.717) is 42.5 Å². The van der Waals surface area contributed by atoms with Gasteiger partial charge in [0.1, 0.15) is 5.82 Å². The molecule has 0 spiro atoms. The Morgan fingerprint density at radius 3 is 2.59 bits per heavy atom. The molecular weight excluding hydrogens is 392 g/mol. The third kappa shape index (κ3) is 7.48. The zero-order chi connectivity index (χ0) is 18.4. The SMILES string of the molecule is CC(C)C(N)CCN(C)C(=O)CCc1ncc(-c2ccccc2F)o1.Cl.Cl. The largest absolute Gasteiger partial charge is 0.441 e. The molecule has 1 amide bonds. The van der Waals surface area contributed by atoms with Crippen molar-refractivity contribution in [2.24, 2.45) is 11.7 Å². The number of aryl methyl sites for hydroxylation is 1. The Morgan fingerprint density at radius 1 is 1.30 bits per heavy atom. The molecule has 0 aliphatic heterocycles. The van der Waals surface area contributed by atoms with Gasteiger partial charge in [0.25, 0.3) is 0 Å². The first kappa shape index (κ1) is 25.4. The minimum Gasteiger partial charge on any atom is -0.441 e. The molecule has 2 rings (SSSR count). The van der Waals surface area contributed by atoms with Crippen LogP contribution in [0.15, 0.2) is 34.9 Å². The zero-order valence-electron chi connectivity index (χ0n) is 15.9. The number of hydrogen-bond donors (Lipinski definition) is 1. The maximum absolute atomic E-state index is 13.8. The number of rotatable bonds is 8. The van der Waals surface area contributed by atoms with Crippen molar-refractivity contribution in [3.05, 3.63) is 42.2 Å². The van der Waals surface area contributed by atoms with Crippen LogP contribution in [0.25, 0.3) is 11.3 Å². The fourth-order valence-corrected chi connectivity index (χ4v) is 2.42. The molecule has 8 heteroatoms. The Kier molecular flexibility index (Phi) is 11.2. The highest BCUT2D eigenvalue weighted by molar-refractivity contribution is 5.85. The number of nitrogens with zero attached hydrogens (tertiary/aromatic N) is 2. The molecule has 1 unspecified atom stereocenters. The summed E-state index contributed by atoms with van der Waals surface area (Å²) in [4.78, 5) is 18.0. The molecular formula is C19H28Cl2FN3O2. The summed E-state index contributed by atoms with van der Waals surface area (Å²) in [5, 5.41) is 0. The summed E-state index contributed by atoms with van der Waals surface area (Å²) >= 11 is 0. The average Bonchev–Trinajstić information content (AvgIpc) is 3.06. The van der Waals surface area contributed by atoms with Crippen LogP contribution in [-0.4, -0.2) is 35.4 Å². The van der Waals surface area contributed by atoms with E-state index in [9.17, 15) is 9.18 Å². The summed E-state index contributed by atoms with van der Waals surface area (Å²) in [7, 11) is 1.77. The highest BCUT2D eigenvalue weighted by Crippen LogP contribution is 2.23. The average molecular weight is 420 g/mol. The smallest absolute Gasteiger partial charge is 0.222 e. The molecule has 1 aromatic carbocycles. The molecule has 5 nitrogen and oxygen atoms in total. The van der Waals surface area contributed by atoms with Gasteiger partial charge in [-0.05, 0) is 24.5 Å². The predicted octanol–water partition coefficient (Wildman–Crippen LogP) is 4.09. The Labute approximate surface area is 172 Å². The maximum Gasteiger partial charge on any atom is 0.222 e. The number of nitrogens with two attached hydrogens (primary N) is 1. The third-order valence-corrected chi connectivity index (χ3v) is 4.33. The van der Waals surface area contributed by atoms with Gasteiger partial charge < -0.3 is 15.1 Å². The van der Waals surface area contributed by atoms with E-state index < -0.39 is 0 Å². The molecule has 1 aromatic heterocycles. The van der Waals surface area contributed by atoms with E-state index in [4.69, 9.17) is 10.2 Å². The van der Waals surface area contributed by atoms with Gasteiger partial charge in [-0.1, -0.05) is 26.0 Å². The van der Waals surface area contributed by atoms with Crippen LogP contribution in [0.4, 0.5) is 4.39 Å². The van der Waals surface area contributed by atoms with Crippen molar-refractivity contribution < 1.29 is 13.6 Å². The van der Waals surface area contributed by atoms with Crippen LogP contribution in [0, 0.1) is 11.7 Å². The lowest BCUT2D eigenvalue weighted by molar-refractivity contribution is -0.130. The molecule has 0 aliphatic rings. The second-order valence-electron chi connectivity index (χ2n) is 6.61. The zero-order valence-corrected chi connectivity index (χ0v) is 17.5. The van der Waals surface area contributed by atoms with Crippen molar-refractivity contribution >= 4 is 30.7 Å². The minimum absolute atomic E-state index is 0. The number of carbonyl (C=O) groups excluding carboxylic acids is 1. The Hall–Kier alpha value is -1.63. The monoisotopic (exact) mass is 419 g/mol. The number of halogens is 3. The molecule has 0 saturated heterocycles. The number of benzene rings is 1. The van der Waals surface area contributed by atoms with E-state index in [1.807, 2.05) is 0 Å². The van der Waals surface area contributed by atoms with Crippen LogP contribution >= 0.6 is 24.8 Å². The molecule has 1 atom stereocenters. The molecule has 27 heavy (non-hydrogen) atoms. The van der Waals surface area contributed by atoms with Crippen LogP contribution < -0.4 is 5.73 Å². The second kappa shape index (κ2) is 12.0. The van der Waals surface area contributed by atoms with Gasteiger partial charge in [0.15, 0.2) is 11.7 Å². The van der Waals surface area contributed by atoms with Gasteiger partial charge in [-0.15, -0.1) is 24.8 Å². The van der Waals surface area contributed by atoms with Gasteiger partial charge in [0, 0.05) is 32.5 Å². The van der Waals surface area contributed by atoms with Crippen LogP contribution in [-0.2, 0) is 11.2 Å². The summed E-state index contributed by atoms with van der Waals surface area (Å²) in [6, 6.07) is 6.45. The lowest BCUT2D eigenvalue weighted by Crippen LogP contribution is -2.34. The van der Waals surface area contributed by atoms with Crippen molar-refractivity contribution in [3.8, 4) is 11.3 Å². The molecule has 0 saturated carbocycles. The lowest BCUT2D eigenvalue weighted by atomic mass is 10.0. The number of hydrogen-bond acceptors (Lipinski definition) is 4. The van der Waals surface area contributed by atoms with E-state index in [1.165, 1.54) is 12.3 Å². The summed E-state index contributed by atoms with van der Waals surface area (Å²) in [5.74, 6) is 0.854. The van der Waals surface area contributed by atoms with E-state index in [-0.39, 0.29) is 42.6 Å². The first-order valence-electron chi connectivity index (χ1n) is 8.57. The second-order valence-corrected chi connectivity index (χ2v) is 6.61. The van der Waals surface area contributed by atoms with Crippen LogP contribution in [0.3, 0.4) is 0 Å². The number of aromatic nitrogens is 1. The van der Waals surface area contributed by atoms with Gasteiger partial charge in [0.05, 0.1) is 11.8 Å². The number of amides is 1. The Balaban J connectivity index is 0.00000338. The standard InChI is InChI=1S/C19H26FN3O2.2ClH/c1-13(2)16(21)10-11-23(3)19(24)9-8-18-22-12-17(25-18)14-6-4-5-7-15(14)20;;/h4-7,12-13,16H,8-11,21H2,1-3H3;2*1H. The van der Waals surface area contributed by atoms with Gasteiger partial charge in [-0.2, -0.15) is 0 Å². The summed E-state index contributed by atoms with van der Waals surface area (Å²) in [6.45, 7) is 4.77. The predicted molar refractivity (Wildman–Crippen MR) is 110 cm³/mol. The van der Waals surface area contributed by atoms with Gasteiger partial charge in [-0.3, -0.25) is 4.79 Å². The van der Waals surface area contributed by atoms with E-state index in [0.717, 1.165) is 6.42 Å². The van der Waals surface area contributed by atoms with Crippen molar-refractivity contribution in [1.29, 1.82) is 0 Å². The topological polar surface area (TPSA) is 72.4 Å². The van der Waals surface area contributed by atoms with Crippen LogP contribution in [0.2, 0.25) is 0 Å². The Morgan fingerprint density at radius 2 is 1.96 bits per heavy atom. The quantitative estimate of drug-likeness (QED) is 0.698. The van der Waals surface area contributed by atoms with E-state index in [2.05, 4.69) is 18.8 Å². The van der Waals surface area contributed by atoms with Gasteiger partial charge in [0.2, 0.25) is 5.91 Å². The molecule has 2 aromatic rings. The minimum atomic E-state index is -0.359. The third-order valence-electron chi connectivity index (χ3n) is 4.33. The summed E-state index contributed by atoms with van der Waals surface area (Å²) in [5.41, 5.74) is 6.37. The van der Waals surface area contributed by atoms with Crippen molar-refractivity contribution in [2.45, 2.75) is 39.2 Å². The summed E-state index contributed by atoms with van der Waals surface area (Å²) in [6.07, 6.45) is 2.94. The molecule has 0 aliphatic carbocycles. The van der Waals surface area contributed by atoms with Crippen molar-refractivity contribution in [1.82, 2.24) is 9.88 Å². The van der Waals surface area contributed by atoms with Gasteiger partial charge >= 0.3 is 0 Å². The molecule has 0 fully saturated rings. The fraction of sp³-hybridized carbons (Fsp3) is 0.474. The summed E-state index contributed by atoms with van der Waals surface area (Å²) < 4.78 is 19.3. The molecule has 0 radical (unpaired) electrons. The highest BCUT2D eigenvalue weighted by Gasteiger charge is 2.15. The van der Waals surface area contributed by atoms with Crippen LogP contribution in [0.5, 0.6) is 0 Å². The highest BCUT2D eigenvalue weighted by atomic mass is 35.5. The molecule has 0 bridgehead atoms. The first-order valence-corrected chi connectivity index (χ1v) is 8.57. The lowest BCUT2D eigenvalue weighted by Gasteiger charge is -2.21. The molecule has 152 valence electrons. The molecule has 2 N–H and O–H groups in total. The van der Waals surface area contributed by atoms with Crippen molar-refractivity contribution in [2.75, 3.05) is 13.6 Å². The van der Waals surface area contributed by atoms with Crippen molar-refractivity contribution in [3.63, 3.8) is 0 Å². The normalized spacial score (nSPS) is 11.5. The number of oxazole rings is 1. The van der Waals surface area contributed by atoms with E-state index in [1.54, 1.807) is 30.1 Å².